The minimum Gasteiger partial charge on any atom is -0.358 e. The van der Waals surface area contributed by atoms with Crippen molar-refractivity contribution in [2.75, 3.05) is 0 Å². The largest absolute Gasteiger partial charge is 0.358 e. The van der Waals surface area contributed by atoms with Gasteiger partial charge in [-0.2, -0.15) is 0 Å². The highest BCUT2D eigenvalue weighted by atomic mass is 16.6. The summed E-state index contributed by atoms with van der Waals surface area (Å²) < 4.78 is 5.43. The molecule has 64 valence electrons. The first-order valence-electron chi connectivity index (χ1n) is 4.42. The SMILES string of the molecule is C#CCCC12CCCC(=O)C1O2. The normalized spacial score (nSPS) is 38.6. The summed E-state index contributed by atoms with van der Waals surface area (Å²) in [5.41, 5.74) is -0.123. The monoisotopic (exact) mass is 164 g/mol. The molecule has 2 rings (SSSR count). The van der Waals surface area contributed by atoms with Gasteiger partial charge in [0.05, 0.1) is 0 Å². The highest BCUT2D eigenvalue weighted by molar-refractivity contribution is 5.87. The molecule has 1 saturated carbocycles. The van der Waals surface area contributed by atoms with E-state index in [0.29, 0.717) is 6.42 Å². The summed E-state index contributed by atoms with van der Waals surface area (Å²) in [5.74, 6) is 2.87. The van der Waals surface area contributed by atoms with Gasteiger partial charge in [0.1, 0.15) is 11.7 Å². The van der Waals surface area contributed by atoms with Gasteiger partial charge in [-0.3, -0.25) is 4.79 Å². The van der Waals surface area contributed by atoms with E-state index in [1.807, 2.05) is 0 Å². The third-order valence-electron chi connectivity index (χ3n) is 2.78. The third kappa shape index (κ3) is 1.05. The predicted molar refractivity (Wildman–Crippen MR) is 44.5 cm³/mol. The molecule has 2 heteroatoms. The molecule has 0 spiro atoms. The molecule has 2 fully saturated rings. The summed E-state index contributed by atoms with van der Waals surface area (Å²) in [6.45, 7) is 0. The first kappa shape index (κ1) is 7.82. The fourth-order valence-electron chi connectivity index (χ4n) is 2.04. The molecule has 1 aliphatic carbocycles. The van der Waals surface area contributed by atoms with Crippen molar-refractivity contribution < 1.29 is 9.53 Å². The highest BCUT2D eigenvalue weighted by Crippen LogP contribution is 2.48. The van der Waals surface area contributed by atoms with Gasteiger partial charge in [-0.1, -0.05) is 0 Å². The van der Waals surface area contributed by atoms with E-state index in [1.54, 1.807) is 0 Å². The Morgan fingerprint density at radius 2 is 2.58 bits per heavy atom. The average Bonchev–Trinajstić information content (AvgIpc) is 2.78. The minimum absolute atomic E-state index is 0.0976. The number of hydrogen-bond acceptors (Lipinski definition) is 2. The van der Waals surface area contributed by atoms with Gasteiger partial charge >= 0.3 is 0 Å². The molecule has 2 aliphatic rings. The number of terminal acetylenes is 1. The van der Waals surface area contributed by atoms with E-state index in [9.17, 15) is 4.79 Å². The fourth-order valence-corrected chi connectivity index (χ4v) is 2.04. The molecule has 0 aromatic rings. The lowest BCUT2D eigenvalue weighted by Crippen LogP contribution is -2.25. The summed E-state index contributed by atoms with van der Waals surface area (Å²) in [7, 11) is 0. The van der Waals surface area contributed by atoms with Gasteiger partial charge in [0.2, 0.25) is 0 Å². The lowest BCUT2D eigenvalue weighted by Gasteiger charge is -2.14. The zero-order valence-corrected chi connectivity index (χ0v) is 7.01. The second-order valence-electron chi connectivity index (χ2n) is 3.59. The zero-order chi connectivity index (χ0) is 8.60. The zero-order valence-electron chi connectivity index (χ0n) is 7.01. The number of Topliss-reactive ketones (excluding diaryl/α,β-unsaturated/α-hetero) is 1. The van der Waals surface area contributed by atoms with Crippen molar-refractivity contribution in [2.24, 2.45) is 0 Å². The number of carbonyl (C=O) groups is 1. The number of fused-ring (bicyclic) bond motifs is 1. The van der Waals surface area contributed by atoms with Gasteiger partial charge in [-0.15, -0.1) is 12.3 Å². The van der Waals surface area contributed by atoms with Crippen LogP contribution in [0.3, 0.4) is 0 Å². The first-order valence-corrected chi connectivity index (χ1v) is 4.42. The Hall–Kier alpha value is -0.810. The molecule has 0 aromatic carbocycles. The Labute approximate surface area is 72.3 Å². The quantitative estimate of drug-likeness (QED) is 0.454. The first-order chi connectivity index (χ1) is 5.78. The van der Waals surface area contributed by atoms with E-state index in [2.05, 4.69) is 5.92 Å². The number of carbonyl (C=O) groups excluding carboxylic acids is 1. The lowest BCUT2D eigenvalue weighted by atomic mass is 9.85. The Kier molecular flexibility index (Phi) is 1.69. The molecular weight excluding hydrogens is 152 g/mol. The van der Waals surface area contributed by atoms with Crippen LogP contribution in [0.15, 0.2) is 0 Å². The van der Waals surface area contributed by atoms with Crippen molar-refractivity contribution in [1.29, 1.82) is 0 Å². The standard InChI is InChI=1S/C10H12O2/c1-2-3-6-10-7-4-5-8(11)9(10)12-10/h1,9H,3-7H2. The second-order valence-corrected chi connectivity index (χ2v) is 3.59. The van der Waals surface area contributed by atoms with Crippen molar-refractivity contribution in [3.05, 3.63) is 0 Å². The van der Waals surface area contributed by atoms with Crippen molar-refractivity contribution >= 4 is 5.78 Å². The van der Waals surface area contributed by atoms with E-state index in [-0.39, 0.29) is 17.5 Å². The Balaban J connectivity index is 1.98. The molecule has 0 bridgehead atoms. The van der Waals surface area contributed by atoms with Crippen LogP contribution in [0.4, 0.5) is 0 Å². The maximum Gasteiger partial charge on any atom is 0.164 e. The van der Waals surface area contributed by atoms with E-state index in [0.717, 1.165) is 25.7 Å². The van der Waals surface area contributed by atoms with Crippen molar-refractivity contribution in [3.63, 3.8) is 0 Å². The van der Waals surface area contributed by atoms with Crippen LogP contribution in [0.5, 0.6) is 0 Å². The molecule has 1 aliphatic heterocycles. The molecule has 0 aromatic heterocycles. The maximum absolute atomic E-state index is 11.2. The van der Waals surface area contributed by atoms with Crippen LogP contribution in [-0.2, 0) is 9.53 Å². The minimum atomic E-state index is -0.123. The average molecular weight is 164 g/mol. The second kappa shape index (κ2) is 2.60. The number of hydrogen-bond donors (Lipinski definition) is 0. The lowest BCUT2D eigenvalue weighted by molar-refractivity contribution is -0.120. The molecule has 0 N–H and O–H groups in total. The molecule has 2 atom stereocenters. The van der Waals surface area contributed by atoms with E-state index >= 15 is 0 Å². The van der Waals surface area contributed by atoms with E-state index in [1.165, 1.54) is 0 Å². The fraction of sp³-hybridized carbons (Fsp3) is 0.700. The maximum atomic E-state index is 11.2. The third-order valence-corrected chi connectivity index (χ3v) is 2.78. The number of epoxide rings is 1. The van der Waals surface area contributed by atoms with Crippen LogP contribution in [0.2, 0.25) is 0 Å². The van der Waals surface area contributed by atoms with Crippen molar-refractivity contribution in [3.8, 4) is 12.3 Å². The Bertz CT molecular complexity index is 251. The molecule has 0 radical (unpaired) electrons. The van der Waals surface area contributed by atoms with Gasteiger partial charge in [0.15, 0.2) is 5.78 Å². The molecular formula is C10H12O2. The van der Waals surface area contributed by atoms with Crippen LogP contribution in [0.1, 0.15) is 32.1 Å². The summed E-state index contributed by atoms with van der Waals surface area (Å²) in [6.07, 6.45) is 9.34. The number of rotatable bonds is 2. The highest BCUT2D eigenvalue weighted by Gasteiger charge is 2.60. The van der Waals surface area contributed by atoms with Crippen molar-refractivity contribution in [2.45, 2.75) is 43.8 Å². The van der Waals surface area contributed by atoms with Crippen LogP contribution < -0.4 is 0 Å². The van der Waals surface area contributed by atoms with Crippen LogP contribution in [-0.4, -0.2) is 17.5 Å². The molecule has 2 unspecified atom stereocenters. The van der Waals surface area contributed by atoms with Crippen LogP contribution in [0, 0.1) is 12.3 Å². The number of ketones is 1. The molecule has 0 amide bonds. The predicted octanol–water partition coefficient (Wildman–Crippen LogP) is 1.29. The van der Waals surface area contributed by atoms with E-state index < -0.39 is 0 Å². The Morgan fingerprint density at radius 1 is 1.75 bits per heavy atom. The molecule has 12 heavy (non-hydrogen) atoms. The van der Waals surface area contributed by atoms with Crippen LogP contribution in [0.25, 0.3) is 0 Å². The van der Waals surface area contributed by atoms with Crippen LogP contribution >= 0.6 is 0 Å². The summed E-state index contributed by atoms with van der Waals surface area (Å²) in [5, 5.41) is 0. The Morgan fingerprint density at radius 3 is 3.33 bits per heavy atom. The van der Waals surface area contributed by atoms with Gasteiger partial charge in [-0.05, 0) is 19.3 Å². The van der Waals surface area contributed by atoms with Gasteiger partial charge in [0.25, 0.3) is 0 Å². The summed E-state index contributed by atoms with van der Waals surface area (Å²) in [4.78, 5) is 11.2. The van der Waals surface area contributed by atoms with Gasteiger partial charge < -0.3 is 4.74 Å². The molecule has 1 heterocycles. The molecule has 2 nitrogen and oxygen atoms in total. The van der Waals surface area contributed by atoms with Gasteiger partial charge in [0, 0.05) is 12.8 Å². The molecule has 1 saturated heterocycles. The van der Waals surface area contributed by atoms with Gasteiger partial charge in [-0.25, -0.2) is 0 Å². The summed E-state index contributed by atoms with van der Waals surface area (Å²) in [6, 6.07) is 0. The van der Waals surface area contributed by atoms with Crippen molar-refractivity contribution in [1.82, 2.24) is 0 Å². The van der Waals surface area contributed by atoms with E-state index in [4.69, 9.17) is 11.2 Å². The number of ether oxygens (including phenoxy) is 1. The smallest absolute Gasteiger partial charge is 0.164 e. The topological polar surface area (TPSA) is 29.6 Å². The summed E-state index contributed by atoms with van der Waals surface area (Å²) >= 11 is 0.